The molecule has 0 bridgehead atoms. The van der Waals surface area contributed by atoms with Crippen LogP contribution in [0.1, 0.15) is 46.1 Å². The summed E-state index contributed by atoms with van der Waals surface area (Å²) in [4.78, 5) is 6.68. The molecule has 0 saturated heterocycles. The molecule has 0 fully saturated rings. The average molecular weight is 297 g/mol. The van der Waals surface area contributed by atoms with Crippen LogP contribution in [0.25, 0.3) is 0 Å². The van der Waals surface area contributed by atoms with E-state index in [4.69, 9.17) is 22.7 Å². The topological polar surface area (TPSA) is 66.0 Å². The molecule has 1 heterocycles. The van der Waals surface area contributed by atoms with Gasteiger partial charge in [-0.25, -0.2) is 4.98 Å². The highest BCUT2D eigenvalue weighted by atomic mass is 35.5. The van der Waals surface area contributed by atoms with Gasteiger partial charge in [-0.05, 0) is 24.8 Å². The Bertz CT molecular complexity index is 455. The van der Waals surface area contributed by atoms with Crippen LogP contribution in [-0.4, -0.2) is 23.4 Å². The second-order valence-electron chi connectivity index (χ2n) is 5.43. The first-order chi connectivity index (χ1) is 9.42. The van der Waals surface area contributed by atoms with Gasteiger partial charge < -0.3 is 10.6 Å². The third-order valence-electron chi connectivity index (χ3n) is 3.38. The zero-order valence-corrected chi connectivity index (χ0v) is 13.5. The molecule has 1 aromatic rings. The molecule has 0 atom stereocenters. The number of rotatable bonds is 7. The Morgan fingerprint density at radius 1 is 1.40 bits per heavy atom. The van der Waals surface area contributed by atoms with Crippen LogP contribution >= 0.6 is 11.6 Å². The molecular formula is C15H25ClN4. The molecule has 3 N–H and O–H groups in total. The smallest absolute Gasteiger partial charge is 0.148 e. The Hall–Kier alpha value is -1.29. The first kappa shape index (κ1) is 16.8. The fourth-order valence-electron chi connectivity index (χ4n) is 2.37. The van der Waals surface area contributed by atoms with E-state index in [0.717, 1.165) is 25.2 Å². The second-order valence-corrected chi connectivity index (χ2v) is 5.80. The molecule has 20 heavy (non-hydrogen) atoms. The van der Waals surface area contributed by atoms with Crippen molar-refractivity contribution in [3.63, 3.8) is 0 Å². The van der Waals surface area contributed by atoms with Crippen molar-refractivity contribution in [3.05, 3.63) is 22.8 Å². The number of hydrogen-bond donors (Lipinski definition) is 2. The quantitative estimate of drug-likeness (QED) is 0.596. The van der Waals surface area contributed by atoms with Crippen LogP contribution in [0.4, 0.5) is 5.82 Å². The molecule has 5 heteroatoms. The number of pyridine rings is 1. The molecule has 1 rings (SSSR count). The van der Waals surface area contributed by atoms with Gasteiger partial charge in [0, 0.05) is 24.3 Å². The molecule has 0 saturated carbocycles. The van der Waals surface area contributed by atoms with E-state index in [1.165, 1.54) is 0 Å². The minimum atomic E-state index is -0.0207. The summed E-state index contributed by atoms with van der Waals surface area (Å²) in [7, 11) is 0. The summed E-state index contributed by atoms with van der Waals surface area (Å²) in [5.41, 5.74) is 6.13. The van der Waals surface area contributed by atoms with E-state index in [-0.39, 0.29) is 5.84 Å². The summed E-state index contributed by atoms with van der Waals surface area (Å²) in [6.07, 6.45) is 3.74. The van der Waals surface area contributed by atoms with Gasteiger partial charge in [-0.3, -0.25) is 5.41 Å². The van der Waals surface area contributed by atoms with E-state index in [1.54, 1.807) is 12.3 Å². The lowest BCUT2D eigenvalue weighted by molar-refractivity contribution is 0.503. The van der Waals surface area contributed by atoms with Crippen LogP contribution in [0.15, 0.2) is 12.3 Å². The summed E-state index contributed by atoms with van der Waals surface area (Å²) in [6.45, 7) is 9.59. The Morgan fingerprint density at radius 3 is 2.45 bits per heavy atom. The van der Waals surface area contributed by atoms with Crippen LogP contribution in [0.5, 0.6) is 0 Å². The number of nitrogens with one attached hydrogen (secondary N) is 1. The van der Waals surface area contributed by atoms with Gasteiger partial charge in [0.25, 0.3) is 0 Å². The van der Waals surface area contributed by atoms with E-state index in [1.807, 2.05) is 0 Å². The number of anilines is 1. The summed E-state index contributed by atoms with van der Waals surface area (Å²) < 4.78 is 0. The number of hydrogen-bond acceptors (Lipinski definition) is 3. The molecule has 4 nitrogen and oxygen atoms in total. The van der Waals surface area contributed by atoms with Gasteiger partial charge >= 0.3 is 0 Å². The minimum absolute atomic E-state index is 0.0207. The monoisotopic (exact) mass is 296 g/mol. The van der Waals surface area contributed by atoms with Crippen molar-refractivity contribution >= 4 is 23.3 Å². The Kier molecular flexibility index (Phi) is 6.27. The van der Waals surface area contributed by atoms with E-state index >= 15 is 0 Å². The lowest BCUT2D eigenvalue weighted by Gasteiger charge is -2.34. The SMILES string of the molecule is CCC(CC)N(CC(C)C)c1nccc(C(=N)N)c1Cl. The highest BCUT2D eigenvalue weighted by molar-refractivity contribution is 6.36. The lowest BCUT2D eigenvalue weighted by Crippen LogP contribution is -2.38. The highest BCUT2D eigenvalue weighted by Gasteiger charge is 2.22. The Balaban J connectivity index is 3.26. The first-order valence-electron chi connectivity index (χ1n) is 7.17. The molecule has 0 aromatic carbocycles. The van der Waals surface area contributed by atoms with Gasteiger partial charge in [-0.1, -0.05) is 39.3 Å². The molecule has 0 amide bonds. The van der Waals surface area contributed by atoms with Crippen LogP contribution in [-0.2, 0) is 0 Å². The first-order valence-corrected chi connectivity index (χ1v) is 7.55. The molecular weight excluding hydrogens is 272 g/mol. The van der Waals surface area contributed by atoms with E-state index in [0.29, 0.717) is 22.5 Å². The second kappa shape index (κ2) is 7.48. The maximum absolute atomic E-state index is 7.60. The zero-order valence-electron chi connectivity index (χ0n) is 12.8. The number of nitrogen functional groups attached to an aromatic ring is 1. The lowest BCUT2D eigenvalue weighted by atomic mass is 10.1. The van der Waals surface area contributed by atoms with Crippen molar-refractivity contribution in [1.82, 2.24) is 4.98 Å². The number of nitrogens with two attached hydrogens (primary N) is 1. The fourth-order valence-corrected chi connectivity index (χ4v) is 2.69. The van der Waals surface area contributed by atoms with Crippen molar-refractivity contribution in [2.45, 2.75) is 46.6 Å². The van der Waals surface area contributed by atoms with Gasteiger partial charge in [0.15, 0.2) is 0 Å². The van der Waals surface area contributed by atoms with Crippen molar-refractivity contribution in [2.75, 3.05) is 11.4 Å². The van der Waals surface area contributed by atoms with E-state index in [9.17, 15) is 0 Å². The van der Waals surface area contributed by atoms with Crippen molar-refractivity contribution in [3.8, 4) is 0 Å². The van der Waals surface area contributed by atoms with Crippen LogP contribution in [0.2, 0.25) is 5.02 Å². The molecule has 0 radical (unpaired) electrons. The number of aromatic nitrogens is 1. The van der Waals surface area contributed by atoms with Gasteiger partial charge in [0.1, 0.15) is 11.7 Å². The summed E-state index contributed by atoms with van der Waals surface area (Å²) >= 11 is 6.41. The minimum Gasteiger partial charge on any atom is -0.384 e. The molecule has 0 aliphatic carbocycles. The maximum atomic E-state index is 7.60. The Morgan fingerprint density at radius 2 is 2.00 bits per heavy atom. The molecule has 0 aliphatic heterocycles. The van der Waals surface area contributed by atoms with Crippen molar-refractivity contribution < 1.29 is 0 Å². The average Bonchev–Trinajstić information content (AvgIpc) is 2.38. The fraction of sp³-hybridized carbons (Fsp3) is 0.600. The predicted octanol–water partition coefficient (Wildman–Crippen LogP) is 3.67. The normalized spacial score (nSPS) is 11.2. The van der Waals surface area contributed by atoms with E-state index < -0.39 is 0 Å². The Labute approximate surface area is 126 Å². The number of halogens is 1. The molecule has 0 unspecified atom stereocenters. The van der Waals surface area contributed by atoms with Crippen LogP contribution in [0.3, 0.4) is 0 Å². The predicted molar refractivity (Wildman–Crippen MR) is 86.8 cm³/mol. The van der Waals surface area contributed by atoms with Crippen LogP contribution in [0, 0.1) is 11.3 Å². The van der Waals surface area contributed by atoms with Crippen molar-refractivity contribution in [1.29, 1.82) is 5.41 Å². The standard InChI is InChI=1S/C15H25ClN4/c1-5-11(6-2)20(9-10(3)4)15-13(16)12(14(17)18)7-8-19-15/h7-8,10-11H,5-6,9H2,1-4H3,(H3,17,18). The van der Waals surface area contributed by atoms with Gasteiger partial charge in [-0.2, -0.15) is 0 Å². The molecule has 0 aliphatic rings. The van der Waals surface area contributed by atoms with Crippen LogP contribution < -0.4 is 10.6 Å². The summed E-state index contributed by atoms with van der Waals surface area (Å²) in [6, 6.07) is 2.08. The summed E-state index contributed by atoms with van der Waals surface area (Å²) in [5, 5.41) is 8.08. The molecule has 112 valence electrons. The van der Waals surface area contributed by atoms with Gasteiger partial charge in [0.05, 0.1) is 5.02 Å². The maximum Gasteiger partial charge on any atom is 0.148 e. The largest absolute Gasteiger partial charge is 0.384 e. The number of amidine groups is 1. The van der Waals surface area contributed by atoms with Crippen molar-refractivity contribution in [2.24, 2.45) is 11.7 Å². The molecule has 0 spiro atoms. The van der Waals surface area contributed by atoms with Gasteiger partial charge in [0.2, 0.25) is 0 Å². The zero-order chi connectivity index (χ0) is 15.3. The number of nitrogens with zero attached hydrogens (tertiary/aromatic N) is 2. The third-order valence-corrected chi connectivity index (χ3v) is 3.75. The third kappa shape index (κ3) is 3.85. The molecule has 1 aromatic heterocycles. The summed E-state index contributed by atoms with van der Waals surface area (Å²) in [5.74, 6) is 1.23. The highest BCUT2D eigenvalue weighted by Crippen LogP contribution is 2.30. The van der Waals surface area contributed by atoms with Gasteiger partial charge in [-0.15, -0.1) is 0 Å². The van der Waals surface area contributed by atoms with E-state index in [2.05, 4.69) is 37.6 Å².